The lowest BCUT2D eigenvalue weighted by atomic mass is 9.87. The Morgan fingerprint density at radius 2 is 0.914 bits per heavy atom. The van der Waals surface area contributed by atoms with Gasteiger partial charge < -0.3 is 39.5 Å². The molecule has 0 aliphatic carbocycles. The predicted molar refractivity (Wildman–Crippen MR) is 232 cm³/mol. The van der Waals surface area contributed by atoms with Gasteiger partial charge in [-0.15, -0.1) is 0 Å². The van der Waals surface area contributed by atoms with Gasteiger partial charge in [0.1, 0.15) is 12.3 Å². The molecule has 10 heteroatoms. The minimum absolute atomic E-state index is 0.0416. The smallest absolute Gasteiger partial charge is 0.161 e. The van der Waals surface area contributed by atoms with Crippen molar-refractivity contribution in [3.8, 4) is 45.5 Å². The van der Waals surface area contributed by atoms with E-state index in [2.05, 4.69) is 84.7 Å². The van der Waals surface area contributed by atoms with Crippen molar-refractivity contribution < 1.29 is 27.7 Å². The molecule has 4 aromatic carbocycles. The van der Waals surface area contributed by atoms with E-state index in [9.17, 15) is 8.78 Å². The molecular formula is C48H58F2N4O4. The quantitative estimate of drug-likeness (QED) is 0.110. The summed E-state index contributed by atoms with van der Waals surface area (Å²) in [6.07, 6.45) is -0.0197. The first-order valence-electron chi connectivity index (χ1n) is 20.5. The highest BCUT2D eigenvalue weighted by Crippen LogP contribution is 2.42. The summed E-state index contributed by atoms with van der Waals surface area (Å²) in [6.45, 7) is 11.4. The first-order valence-corrected chi connectivity index (χ1v) is 20.5. The first-order chi connectivity index (χ1) is 28.1. The van der Waals surface area contributed by atoms with Crippen molar-refractivity contribution in [3.63, 3.8) is 0 Å². The molecule has 6 aromatic rings. The number of aromatic amines is 2. The zero-order valence-electron chi connectivity index (χ0n) is 35.0. The number of nitrogens with one attached hydrogen (secondary N) is 4. The summed E-state index contributed by atoms with van der Waals surface area (Å²) in [6, 6.07) is 24.7. The van der Waals surface area contributed by atoms with Crippen LogP contribution in [0.1, 0.15) is 86.5 Å². The highest BCUT2D eigenvalue weighted by atomic mass is 19.1. The average Bonchev–Trinajstić information content (AvgIpc) is 3.83. The fraction of sp³-hybridized carbons (Fsp3) is 0.417. The van der Waals surface area contributed by atoms with Crippen LogP contribution in [0.5, 0.6) is 23.0 Å². The van der Waals surface area contributed by atoms with E-state index in [1.165, 1.54) is 21.9 Å². The molecule has 2 aliphatic heterocycles. The van der Waals surface area contributed by atoms with Crippen molar-refractivity contribution in [1.82, 2.24) is 20.6 Å². The normalized spacial score (nSPS) is 19.7. The van der Waals surface area contributed by atoms with Crippen molar-refractivity contribution >= 4 is 21.8 Å². The lowest BCUT2D eigenvalue weighted by molar-refractivity contribution is 0.231. The van der Waals surface area contributed by atoms with Crippen LogP contribution in [-0.4, -0.2) is 76.9 Å². The van der Waals surface area contributed by atoms with E-state index in [0.717, 1.165) is 70.6 Å². The third kappa shape index (κ3) is 8.14. The largest absolute Gasteiger partial charge is 0.493 e. The Bertz CT molecular complexity index is 2190. The van der Waals surface area contributed by atoms with Crippen molar-refractivity contribution in [2.24, 2.45) is 0 Å². The van der Waals surface area contributed by atoms with Crippen LogP contribution in [0.4, 0.5) is 8.78 Å². The summed E-state index contributed by atoms with van der Waals surface area (Å²) in [4.78, 5) is 7.18. The molecule has 58 heavy (non-hydrogen) atoms. The number of hydrogen-bond acceptors (Lipinski definition) is 6. The fourth-order valence-corrected chi connectivity index (χ4v) is 8.95. The Labute approximate surface area is 341 Å². The molecule has 0 radical (unpaired) electrons. The molecule has 2 fully saturated rings. The number of fused-ring (bicyclic) bond motifs is 2. The number of rotatable bonds is 10. The number of H-pyrrole nitrogens is 2. The Balaban J connectivity index is 0.000000177. The predicted octanol–water partition coefficient (Wildman–Crippen LogP) is 10.8. The van der Waals surface area contributed by atoms with E-state index < -0.39 is 12.3 Å². The summed E-state index contributed by atoms with van der Waals surface area (Å²) in [7, 11) is 6.57. The Morgan fingerprint density at radius 3 is 1.26 bits per heavy atom. The van der Waals surface area contributed by atoms with Crippen LogP contribution in [0, 0.1) is 0 Å². The second-order valence-electron chi connectivity index (χ2n) is 16.1. The highest BCUT2D eigenvalue weighted by Gasteiger charge is 2.29. The Hall–Kier alpha value is -5.06. The van der Waals surface area contributed by atoms with Crippen LogP contribution in [0.2, 0.25) is 0 Å². The fourth-order valence-electron chi connectivity index (χ4n) is 8.95. The van der Waals surface area contributed by atoms with E-state index in [1.807, 2.05) is 36.4 Å². The average molecular weight is 793 g/mol. The van der Waals surface area contributed by atoms with E-state index in [-0.39, 0.29) is 11.8 Å². The van der Waals surface area contributed by atoms with Crippen LogP contribution < -0.4 is 29.6 Å². The lowest BCUT2D eigenvalue weighted by Gasteiger charge is -2.27. The van der Waals surface area contributed by atoms with Gasteiger partial charge in [-0.3, -0.25) is 0 Å². The SMILES string of the molecule is COc1ccc(-c2[nH]c3ccc(C4CCNCC4F)cc3c2C(C)C)cc1OC.COc1ccc(-c2[nH]c3ccc(C4CCNCC4F)cc3c2C(C)C)cc1OC. The summed E-state index contributed by atoms with van der Waals surface area (Å²) >= 11 is 0. The zero-order chi connectivity index (χ0) is 41.1. The van der Waals surface area contributed by atoms with E-state index in [4.69, 9.17) is 18.9 Å². The maximum absolute atomic E-state index is 14.5. The molecule has 0 saturated carbocycles. The molecule has 2 aromatic heterocycles. The molecule has 0 bridgehead atoms. The van der Waals surface area contributed by atoms with Crippen LogP contribution in [-0.2, 0) is 0 Å². The number of methoxy groups -OCH3 is 4. The van der Waals surface area contributed by atoms with Crippen LogP contribution in [0.25, 0.3) is 44.3 Å². The summed E-state index contributed by atoms with van der Waals surface area (Å²) in [5, 5.41) is 8.64. The molecule has 308 valence electrons. The number of halogens is 2. The standard InChI is InChI=1S/2C24H29FN2O2/c2*1-14(2)23-18-11-15(17-9-10-26-13-19(17)25)5-7-20(18)27-24(23)16-6-8-21(28-3)22(12-16)29-4/h2*5-8,11-12,14,17,19,26-27H,9-10,13H2,1-4H3. The third-order valence-corrected chi connectivity index (χ3v) is 11.9. The van der Waals surface area contributed by atoms with Crippen molar-refractivity contribution in [3.05, 3.63) is 95.1 Å². The Morgan fingerprint density at radius 1 is 0.517 bits per heavy atom. The summed E-state index contributed by atoms with van der Waals surface area (Å²) in [5.74, 6) is 3.37. The molecule has 2 aliphatic rings. The van der Waals surface area contributed by atoms with E-state index >= 15 is 0 Å². The molecule has 0 spiro atoms. The number of ether oxygens (including phenoxy) is 4. The van der Waals surface area contributed by atoms with Crippen LogP contribution in [0.3, 0.4) is 0 Å². The molecule has 4 N–H and O–H groups in total. The molecule has 4 unspecified atom stereocenters. The maximum Gasteiger partial charge on any atom is 0.161 e. The monoisotopic (exact) mass is 792 g/mol. The first kappa shape index (κ1) is 41.1. The molecule has 4 atom stereocenters. The van der Waals surface area contributed by atoms with Crippen LogP contribution >= 0.6 is 0 Å². The second-order valence-corrected chi connectivity index (χ2v) is 16.1. The summed E-state index contributed by atoms with van der Waals surface area (Å²) in [5.41, 5.74) is 11.1. The number of piperidine rings is 2. The van der Waals surface area contributed by atoms with Gasteiger partial charge in [0, 0.05) is 57.9 Å². The van der Waals surface area contributed by atoms with Gasteiger partial charge in [-0.2, -0.15) is 0 Å². The van der Waals surface area contributed by atoms with Crippen molar-refractivity contribution in [2.45, 2.75) is 76.6 Å². The lowest BCUT2D eigenvalue weighted by Crippen LogP contribution is -2.36. The van der Waals surface area contributed by atoms with Gasteiger partial charge in [0.2, 0.25) is 0 Å². The van der Waals surface area contributed by atoms with E-state index in [0.29, 0.717) is 47.9 Å². The van der Waals surface area contributed by atoms with Gasteiger partial charge in [0.05, 0.1) is 39.8 Å². The summed E-state index contributed by atoms with van der Waals surface area (Å²) < 4.78 is 50.8. The third-order valence-electron chi connectivity index (χ3n) is 11.9. The highest BCUT2D eigenvalue weighted by molar-refractivity contribution is 5.93. The van der Waals surface area contributed by atoms with Gasteiger partial charge in [0.15, 0.2) is 23.0 Å². The van der Waals surface area contributed by atoms with Crippen LogP contribution in [0.15, 0.2) is 72.8 Å². The molecule has 4 heterocycles. The van der Waals surface area contributed by atoms with Gasteiger partial charge in [0.25, 0.3) is 0 Å². The van der Waals surface area contributed by atoms with Gasteiger partial charge in [-0.1, -0.05) is 39.8 Å². The maximum atomic E-state index is 14.5. The van der Waals surface area contributed by atoms with Crippen molar-refractivity contribution in [1.29, 1.82) is 0 Å². The molecule has 2 saturated heterocycles. The molecular weight excluding hydrogens is 735 g/mol. The topological polar surface area (TPSA) is 92.6 Å². The van der Waals surface area contributed by atoms with E-state index in [1.54, 1.807) is 28.4 Å². The number of alkyl halides is 2. The number of benzene rings is 4. The van der Waals surface area contributed by atoms with Gasteiger partial charge in [-0.05, 0) is 121 Å². The molecule has 0 amide bonds. The second kappa shape index (κ2) is 17.8. The minimum atomic E-state index is -0.840. The zero-order valence-corrected chi connectivity index (χ0v) is 35.0. The number of aromatic nitrogens is 2. The molecule has 8 nitrogen and oxygen atoms in total. The van der Waals surface area contributed by atoms with Crippen molar-refractivity contribution in [2.75, 3.05) is 54.6 Å². The minimum Gasteiger partial charge on any atom is -0.493 e. The van der Waals surface area contributed by atoms with Gasteiger partial charge in [-0.25, -0.2) is 8.78 Å². The molecule has 8 rings (SSSR count). The number of hydrogen-bond donors (Lipinski definition) is 4. The van der Waals surface area contributed by atoms with Gasteiger partial charge >= 0.3 is 0 Å². The Kier molecular flexibility index (Phi) is 12.6.